The number of amides is 1. The van der Waals surface area contributed by atoms with Crippen molar-refractivity contribution in [3.05, 3.63) is 0 Å². The van der Waals surface area contributed by atoms with E-state index < -0.39 is 0 Å². The molecule has 5 atom stereocenters. The second-order valence-electron chi connectivity index (χ2n) is 6.25. The molecule has 2 fully saturated rings. The van der Waals surface area contributed by atoms with Gasteiger partial charge in [0.2, 0.25) is 5.91 Å². The number of hydrogen-bond donors (Lipinski definition) is 1. The normalized spacial score (nSPS) is 42.4. The fourth-order valence-corrected chi connectivity index (χ4v) is 4.19. The molecule has 0 saturated heterocycles. The molecular formula is C15H27NO. The zero-order valence-corrected chi connectivity index (χ0v) is 11.5. The van der Waals surface area contributed by atoms with Gasteiger partial charge in [0, 0.05) is 13.0 Å². The summed E-state index contributed by atoms with van der Waals surface area (Å²) in [4.78, 5) is 12.0. The van der Waals surface area contributed by atoms with E-state index in [4.69, 9.17) is 0 Å². The van der Waals surface area contributed by atoms with Gasteiger partial charge in [0.05, 0.1) is 0 Å². The molecule has 0 spiro atoms. The van der Waals surface area contributed by atoms with Crippen LogP contribution in [0, 0.1) is 29.6 Å². The van der Waals surface area contributed by atoms with Crippen molar-refractivity contribution < 1.29 is 4.79 Å². The molecule has 2 heteroatoms. The minimum absolute atomic E-state index is 0.293. The summed E-state index contributed by atoms with van der Waals surface area (Å²) in [6, 6.07) is 0. The highest BCUT2D eigenvalue weighted by molar-refractivity contribution is 5.78. The molecule has 2 unspecified atom stereocenters. The first kappa shape index (κ1) is 12.9. The molecule has 98 valence electrons. The Morgan fingerprint density at radius 1 is 1.00 bits per heavy atom. The summed E-state index contributed by atoms with van der Waals surface area (Å²) in [5.74, 6) is 3.71. The van der Waals surface area contributed by atoms with Crippen molar-refractivity contribution >= 4 is 5.91 Å². The zero-order chi connectivity index (χ0) is 12.4. The molecule has 0 radical (unpaired) electrons. The maximum Gasteiger partial charge on any atom is 0.223 e. The topological polar surface area (TPSA) is 29.1 Å². The van der Waals surface area contributed by atoms with Crippen LogP contribution in [0.4, 0.5) is 0 Å². The smallest absolute Gasteiger partial charge is 0.223 e. The quantitative estimate of drug-likeness (QED) is 0.785. The first-order valence-corrected chi connectivity index (χ1v) is 7.36. The minimum atomic E-state index is 0.293. The van der Waals surface area contributed by atoms with Crippen molar-refractivity contribution in [2.45, 2.75) is 52.4 Å². The van der Waals surface area contributed by atoms with Crippen molar-refractivity contribution in [1.29, 1.82) is 0 Å². The first-order valence-electron chi connectivity index (χ1n) is 7.36. The van der Waals surface area contributed by atoms with Gasteiger partial charge >= 0.3 is 0 Å². The Morgan fingerprint density at radius 2 is 1.71 bits per heavy atom. The van der Waals surface area contributed by atoms with Crippen molar-refractivity contribution in [2.75, 3.05) is 7.05 Å². The Morgan fingerprint density at radius 3 is 2.29 bits per heavy atom. The molecule has 0 aromatic heterocycles. The largest absolute Gasteiger partial charge is 0.359 e. The molecule has 2 rings (SSSR count). The molecule has 0 bridgehead atoms. The summed E-state index contributed by atoms with van der Waals surface area (Å²) >= 11 is 0. The lowest BCUT2D eigenvalue weighted by molar-refractivity contribution is -0.128. The molecule has 0 aromatic carbocycles. The monoisotopic (exact) mass is 237 g/mol. The van der Waals surface area contributed by atoms with Crippen LogP contribution in [-0.4, -0.2) is 13.0 Å². The van der Waals surface area contributed by atoms with E-state index in [0.717, 1.165) is 24.2 Å². The highest BCUT2D eigenvalue weighted by atomic mass is 16.1. The number of nitrogens with one attached hydrogen (secondary N) is 1. The lowest BCUT2D eigenvalue weighted by Gasteiger charge is -2.37. The third-order valence-electron chi connectivity index (χ3n) is 5.48. The Kier molecular flexibility index (Phi) is 4.11. The molecular weight excluding hydrogens is 210 g/mol. The van der Waals surface area contributed by atoms with Crippen LogP contribution in [-0.2, 0) is 4.79 Å². The minimum Gasteiger partial charge on any atom is -0.359 e. The van der Waals surface area contributed by atoms with Gasteiger partial charge in [0.15, 0.2) is 0 Å². The van der Waals surface area contributed by atoms with Gasteiger partial charge in [-0.2, -0.15) is 0 Å². The Balaban J connectivity index is 2.08. The molecule has 2 aliphatic rings. The second kappa shape index (κ2) is 5.41. The second-order valence-corrected chi connectivity index (χ2v) is 6.25. The zero-order valence-electron chi connectivity index (χ0n) is 11.5. The van der Waals surface area contributed by atoms with Crippen LogP contribution in [0.2, 0.25) is 0 Å². The van der Waals surface area contributed by atoms with Crippen molar-refractivity contribution in [1.82, 2.24) is 5.32 Å². The van der Waals surface area contributed by atoms with Gasteiger partial charge in [0.1, 0.15) is 0 Å². The summed E-state index contributed by atoms with van der Waals surface area (Å²) in [6.07, 6.45) is 7.67. The van der Waals surface area contributed by atoms with Crippen LogP contribution in [0.25, 0.3) is 0 Å². The highest BCUT2D eigenvalue weighted by Gasteiger charge is 2.41. The van der Waals surface area contributed by atoms with Crippen LogP contribution in [0.1, 0.15) is 52.4 Å². The van der Waals surface area contributed by atoms with E-state index in [-0.39, 0.29) is 0 Å². The fourth-order valence-electron chi connectivity index (χ4n) is 4.19. The lowest BCUT2D eigenvalue weighted by Crippen LogP contribution is -2.39. The summed E-state index contributed by atoms with van der Waals surface area (Å²) in [5, 5.41) is 2.88. The molecule has 17 heavy (non-hydrogen) atoms. The van der Waals surface area contributed by atoms with Gasteiger partial charge in [-0.25, -0.2) is 0 Å². The Hall–Kier alpha value is -0.530. The Bertz CT molecular complexity index is 276. The molecule has 2 nitrogen and oxygen atoms in total. The summed E-state index contributed by atoms with van der Waals surface area (Å²) in [6.45, 7) is 4.78. The molecule has 2 aliphatic carbocycles. The highest BCUT2D eigenvalue weighted by Crippen LogP contribution is 2.47. The number of rotatable bonds is 2. The van der Waals surface area contributed by atoms with Gasteiger partial charge in [-0.15, -0.1) is 0 Å². The summed E-state index contributed by atoms with van der Waals surface area (Å²) < 4.78 is 0. The van der Waals surface area contributed by atoms with Crippen LogP contribution < -0.4 is 5.32 Å². The molecule has 0 aromatic rings. The van der Waals surface area contributed by atoms with Gasteiger partial charge < -0.3 is 5.32 Å². The molecule has 1 amide bonds. The van der Waals surface area contributed by atoms with Crippen molar-refractivity contribution in [2.24, 2.45) is 29.6 Å². The maximum absolute atomic E-state index is 12.0. The summed E-state index contributed by atoms with van der Waals surface area (Å²) in [7, 11) is 1.79. The summed E-state index contributed by atoms with van der Waals surface area (Å²) in [5.41, 5.74) is 0. The van der Waals surface area contributed by atoms with Crippen LogP contribution >= 0.6 is 0 Å². The van der Waals surface area contributed by atoms with E-state index in [0.29, 0.717) is 17.7 Å². The average Bonchev–Trinajstić information content (AvgIpc) is 2.69. The lowest BCUT2D eigenvalue weighted by atomic mass is 9.68. The third-order valence-corrected chi connectivity index (χ3v) is 5.48. The van der Waals surface area contributed by atoms with Crippen molar-refractivity contribution in [3.8, 4) is 0 Å². The van der Waals surface area contributed by atoms with Gasteiger partial charge in [0.25, 0.3) is 0 Å². The van der Waals surface area contributed by atoms with Crippen LogP contribution in [0.15, 0.2) is 0 Å². The van der Waals surface area contributed by atoms with Gasteiger partial charge in [-0.1, -0.05) is 33.1 Å². The standard InChI is InChI=1S/C15H27NO/c1-10-8-9-12(11(10)2)13-6-4-5-7-14(13)15(17)16-3/h10-14H,4-9H2,1-3H3,(H,16,17)/t10-,11-,12+,13?,14?/m1/s1. The fraction of sp³-hybridized carbons (Fsp3) is 0.933. The SMILES string of the molecule is CNC(=O)C1CCCCC1[C@H]1CC[C@@H](C)[C@H]1C. The van der Waals surface area contributed by atoms with E-state index in [1.54, 1.807) is 7.05 Å². The third kappa shape index (κ3) is 2.51. The molecule has 2 saturated carbocycles. The predicted octanol–water partition coefficient (Wildman–Crippen LogP) is 3.22. The molecule has 1 N–H and O–H groups in total. The van der Waals surface area contributed by atoms with Gasteiger partial charge in [-0.05, 0) is 42.9 Å². The van der Waals surface area contributed by atoms with Crippen LogP contribution in [0.3, 0.4) is 0 Å². The number of carbonyl (C=O) groups excluding carboxylic acids is 1. The maximum atomic E-state index is 12.0. The van der Waals surface area contributed by atoms with Crippen molar-refractivity contribution in [3.63, 3.8) is 0 Å². The first-order chi connectivity index (χ1) is 8.15. The van der Waals surface area contributed by atoms with Gasteiger partial charge in [-0.3, -0.25) is 4.79 Å². The number of carbonyl (C=O) groups is 1. The average molecular weight is 237 g/mol. The molecule has 0 heterocycles. The van der Waals surface area contributed by atoms with E-state index in [9.17, 15) is 4.79 Å². The van der Waals surface area contributed by atoms with E-state index in [1.165, 1.54) is 32.1 Å². The Labute approximate surface area is 106 Å². The molecule has 0 aliphatic heterocycles. The number of hydrogen-bond acceptors (Lipinski definition) is 1. The van der Waals surface area contributed by atoms with E-state index in [2.05, 4.69) is 19.2 Å². The van der Waals surface area contributed by atoms with E-state index in [1.807, 2.05) is 0 Å². The van der Waals surface area contributed by atoms with E-state index >= 15 is 0 Å². The predicted molar refractivity (Wildman–Crippen MR) is 70.6 cm³/mol. The van der Waals surface area contributed by atoms with Crippen LogP contribution in [0.5, 0.6) is 0 Å².